The standard InChI is InChI=1S/C13H12N2O2S/c16-13(17)11-10(9-4-5-18-7-9)6-14-12(15-11)8-2-1-3-8/h4-8H,1-3H2,(H,16,17). The van der Waals surface area contributed by atoms with E-state index in [2.05, 4.69) is 9.97 Å². The molecule has 0 atom stereocenters. The van der Waals surface area contributed by atoms with Crippen molar-refractivity contribution >= 4 is 17.3 Å². The Morgan fingerprint density at radius 3 is 2.83 bits per heavy atom. The monoisotopic (exact) mass is 260 g/mol. The summed E-state index contributed by atoms with van der Waals surface area (Å²) in [5.41, 5.74) is 1.59. The zero-order chi connectivity index (χ0) is 12.5. The molecular formula is C13H12N2O2S. The predicted molar refractivity (Wildman–Crippen MR) is 68.9 cm³/mol. The van der Waals surface area contributed by atoms with Crippen molar-refractivity contribution in [3.63, 3.8) is 0 Å². The van der Waals surface area contributed by atoms with Crippen LogP contribution in [0.25, 0.3) is 11.1 Å². The number of carboxylic acids is 1. The lowest BCUT2D eigenvalue weighted by molar-refractivity contribution is 0.0690. The molecular weight excluding hydrogens is 248 g/mol. The van der Waals surface area contributed by atoms with Crippen LogP contribution in [0.3, 0.4) is 0 Å². The highest BCUT2D eigenvalue weighted by Gasteiger charge is 2.25. The number of rotatable bonds is 3. The summed E-state index contributed by atoms with van der Waals surface area (Å²) in [6.45, 7) is 0. The van der Waals surface area contributed by atoms with Gasteiger partial charge < -0.3 is 5.11 Å². The van der Waals surface area contributed by atoms with Crippen molar-refractivity contribution in [1.29, 1.82) is 0 Å². The lowest BCUT2D eigenvalue weighted by Gasteiger charge is -2.24. The Hall–Kier alpha value is -1.75. The Morgan fingerprint density at radius 1 is 1.44 bits per heavy atom. The molecule has 1 aliphatic rings. The smallest absolute Gasteiger partial charge is 0.355 e. The second kappa shape index (κ2) is 4.49. The van der Waals surface area contributed by atoms with Gasteiger partial charge in [-0.05, 0) is 35.2 Å². The van der Waals surface area contributed by atoms with Gasteiger partial charge in [0.15, 0.2) is 5.69 Å². The Kier molecular flexibility index (Phi) is 2.83. The van der Waals surface area contributed by atoms with Gasteiger partial charge >= 0.3 is 5.97 Å². The van der Waals surface area contributed by atoms with E-state index in [1.165, 1.54) is 17.8 Å². The average Bonchev–Trinajstić information content (AvgIpc) is 2.80. The zero-order valence-corrected chi connectivity index (χ0v) is 10.5. The minimum atomic E-state index is -0.987. The molecule has 0 unspecified atom stereocenters. The second-order valence-corrected chi connectivity index (χ2v) is 5.22. The molecule has 2 aromatic heterocycles. The van der Waals surface area contributed by atoms with E-state index in [1.54, 1.807) is 6.20 Å². The first-order valence-corrected chi connectivity index (χ1v) is 6.83. The zero-order valence-electron chi connectivity index (χ0n) is 9.67. The molecule has 0 aromatic carbocycles. The molecule has 0 amide bonds. The molecule has 18 heavy (non-hydrogen) atoms. The molecule has 4 nitrogen and oxygen atoms in total. The van der Waals surface area contributed by atoms with Crippen molar-refractivity contribution in [3.8, 4) is 11.1 Å². The summed E-state index contributed by atoms with van der Waals surface area (Å²) in [7, 11) is 0. The minimum Gasteiger partial charge on any atom is -0.476 e. The molecule has 0 radical (unpaired) electrons. The van der Waals surface area contributed by atoms with Crippen LogP contribution in [-0.2, 0) is 0 Å². The third-order valence-corrected chi connectivity index (χ3v) is 4.00. The largest absolute Gasteiger partial charge is 0.476 e. The van der Waals surface area contributed by atoms with Gasteiger partial charge in [0.2, 0.25) is 0 Å². The maximum atomic E-state index is 11.3. The van der Waals surface area contributed by atoms with Gasteiger partial charge in [0.1, 0.15) is 5.82 Å². The fraction of sp³-hybridized carbons (Fsp3) is 0.308. The van der Waals surface area contributed by atoms with Gasteiger partial charge in [0.05, 0.1) is 0 Å². The van der Waals surface area contributed by atoms with Gasteiger partial charge in [-0.15, -0.1) is 0 Å². The van der Waals surface area contributed by atoms with Crippen molar-refractivity contribution in [3.05, 3.63) is 34.5 Å². The van der Waals surface area contributed by atoms with Crippen molar-refractivity contribution in [2.45, 2.75) is 25.2 Å². The van der Waals surface area contributed by atoms with Crippen LogP contribution in [0.2, 0.25) is 0 Å². The van der Waals surface area contributed by atoms with E-state index in [0.717, 1.165) is 18.4 Å². The number of thiophene rings is 1. The van der Waals surface area contributed by atoms with Crippen LogP contribution in [0.15, 0.2) is 23.0 Å². The number of hydrogen-bond acceptors (Lipinski definition) is 4. The maximum Gasteiger partial charge on any atom is 0.355 e. The van der Waals surface area contributed by atoms with Gasteiger partial charge in [0.25, 0.3) is 0 Å². The van der Waals surface area contributed by atoms with E-state index >= 15 is 0 Å². The molecule has 0 spiro atoms. The topological polar surface area (TPSA) is 63.1 Å². The summed E-state index contributed by atoms with van der Waals surface area (Å²) in [5, 5.41) is 13.1. The first-order valence-electron chi connectivity index (χ1n) is 5.88. The molecule has 0 aliphatic heterocycles. The maximum absolute atomic E-state index is 11.3. The molecule has 1 N–H and O–H groups in total. The van der Waals surface area contributed by atoms with E-state index < -0.39 is 5.97 Å². The highest BCUT2D eigenvalue weighted by Crippen LogP contribution is 2.35. The van der Waals surface area contributed by atoms with E-state index in [4.69, 9.17) is 0 Å². The van der Waals surface area contributed by atoms with Crippen molar-refractivity contribution in [2.24, 2.45) is 0 Å². The molecule has 2 aromatic rings. The van der Waals surface area contributed by atoms with Crippen LogP contribution in [-0.4, -0.2) is 21.0 Å². The molecule has 0 saturated heterocycles. The van der Waals surface area contributed by atoms with Crippen LogP contribution in [0, 0.1) is 0 Å². The third-order valence-electron chi connectivity index (χ3n) is 3.31. The summed E-state index contributed by atoms with van der Waals surface area (Å²) in [5.74, 6) is 0.0384. The van der Waals surface area contributed by atoms with Gasteiger partial charge in [-0.1, -0.05) is 6.42 Å². The van der Waals surface area contributed by atoms with Crippen molar-refractivity contribution in [2.75, 3.05) is 0 Å². The number of nitrogens with zero attached hydrogens (tertiary/aromatic N) is 2. The Bertz CT molecular complexity index is 577. The summed E-state index contributed by atoms with van der Waals surface area (Å²) >= 11 is 1.53. The van der Waals surface area contributed by atoms with Crippen molar-refractivity contribution < 1.29 is 9.90 Å². The third kappa shape index (κ3) is 1.90. The van der Waals surface area contributed by atoms with Crippen LogP contribution in [0.1, 0.15) is 41.5 Å². The first-order chi connectivity index (χ1) is 8.75. The molecule has 1 fully saturated rings. The summed E-state index contributed by atoms with van der Waals surface area (Å²) in [6.07, 6.45) is 4.96. The summed E-state index contributed by atoms with van der Waals surface area (Å²) < 4.78 is 0. The Labute approximate surface area is 108 Å². The number of aromatic nitrogens is 2. The molecule has 1 aliphatic carbocycles. The van der Waals surface area contributed by atoms with Gasteiger partial charge in [-0.3, -0.25) is 0 Å². The fourth-order valence-corrected chi connectivity index (χ4v) is 2.71. The predicted octanol–water partition coefficient (Wildman–Crippen LogP) is 3.17. The van der Waals surface area contributed by atoms with E-state index in [1.807, 2.05) is 16.8 Å². The second-order valence-electron chi connectivity index (χ2n) is 4.44. The summed E-state index contributed by atoms with van der Waals surface area (Å²) in [4.78, 5) is 19.9. The number of aromatic carboxylic acids is 1. The molecule has 0 bridgehead atoms. The van der Waals surface area contributed by atoms with E-state index in [0.29, 0.717) is 17.3 Å². The van der Waals surface area contributed by atoms with Gasteiger partial charge in [0, 0.05) is 17.7 Å². The normalized spacial score (nSPS) is 15.3. The van der Waals surface area contributed by atoms with Gasteiger partial charge in [-0.25, -0.2) is 14.8 Å². The number of carboxylic acid groups (broad SMARTS) is 1. The van der Waals surface area contributed by atoms with Gasteiger partial charge in [-0.2, -0.15) is 11.3 Å². The van der Waals surface area contributed by atoms with Crippen LogP contribution in [0.5, 0.6) is 0 Å². The van der Waals surface area contributed by atoms with Crippen LogP contribution in [0.4, 0.5) is 0 Å². The quantitative estimate of drug-likeness (QED) is 0.920. The van der Waals surface area contributed by atoms with E-state index in [9.17, 15) is 9.90 Å². The molecule has 2 heterocycles. The lowest BCUT2D eigenvalue weighted by atomic mass is 9.84. The SMILES string of the molecule is O=C(O)c1nc(C2CCC2)ncc1-c1ccsc1. The molecule has 3 rings (SSSR count). The van der Waals surface area contributed by atoms with Crippen LogP contribution >= 0.6 is 11.3 Å². The highest BCUT2D eigenvalue weighted by atomic mass is 32.1. The molecule has 1 saturated carbocycles. The lowest BCUT2D eigenvalue weighted by Crippen LogP contribution is -2.15. The van der Waals surface area contributed by atoms with Crippen LogP contribution < -0.4 is 0 Å². The highest BCUT2D eigenvalue weighted by molar-refractivity contribution is 7.08. The Balaban J connectivity index is 2.06. The molecule has 5 heteroatoms. The van der Waals surface area contributed by atoms with E-state index in [-0.39, 0.29) is 5.69 Å². The number of carbonyl (C=O) groups is 1. The fourth-order valence-electron chi connectivity index (χ4n) is 2.05. The summed E-state index contributed by atoms with van der Waals surface area (Å²) in [6, 6.07) is 1.89. The number of hydrogen-bond donors (Lipinski definition) is 1. The molecule has 92 valence electrons. The first kappa shape index (κ1) is 11.3. The van der Waals surface area contributed by atoms with Crippen molar-refractivity contribution in [1.82, 2.24) is 9.97 Å². The Morgan fingerprint density at radius 2 is 2.28 bits per heavy atom. The minimum absolute atomic E-state index is 0.116. The average molecular weight is 260 g/mol.